The Morgan fingerprint density at radius 3 is 2.54 bits per heavy atom. The van der Waals surface area contributed by atoms with Crippen molar-refractivity contribution in [3.63, 3.8) is 0 Å². The number of aromatic nitrogens is 2. The second-order valence-corrected chi connectivity index (χ2v) is 6.54. The van der Waals surface area contributed by atoms with E-state index in [0.717, 1.165) is 12.8 Å². The maximum Gasteiger partial charge on any atom is 0.304 e. The molecule has 2 aromatic rings. The van der Waals surface area contributed by atoms with Crippen molar-refractivity contribution in [2.75, 3.05) is 19.1 Å². The van der Waals surface area contributed by atoms with Crippen LogP contribution in [0.25, 0.3) is 5.69 Å². The van der Waals surface area contributed by atoms with Gasteiger partial charge in [-0.1, -0.05) is 12.8 Å². The summed E-state index contributed by atoms with van der Waals surface area (Å²) in [5, 5.41) is 4.48. The predicted molar refractivity (Wildman–Crippen MR) is 103 cm³/mol. The molecule has 1 fully saturated rings. The first-order valence-corrected chi connectivity index (χ1v) is 8.85. The van der Waals surface area contributed by atoms with Gasteiger partial charge in [0.15, 0.2) is 5.82 Å². The van der Waals surface area contributed by atoms with Crippen LogP contribution in [0.1, 0.15) is 25.7 Å². The lowest BCUT2D eigenvalue weighted by Gasteiger charge is -2.35. The van der Waals surface area contributed by atoms with E-state index in [1.165, 1.54) is 12.0 Å². The van der Waals surface area contributed by atoms with Gasteiger partial charge in [0.2, 0.25) is 5.91 Å². The van der Waals surface area contributed by atoms with Gasteiger partial charge in [0.05, 0.1) is 14.2 Å². The van der Waals surface area contributed by atoms with Crippen LogP contribution in [0.15, 0.2) is 30.5 Å². The highest BCUT2D eigenvalue weighted by Crippen LogP contribution is 2.38. The molecule has 2 N–H and O–H groups in total. The molecular formula is C20H22N4O4. The Bertz CT molecular complexity index is 938. The van der Waals surface area contributed by atoms with Crippen molar-refractivity contribution in [1.82, 2.24) is 9.78 Å². The molecule has 0 bridgehead atoms. The van der Waals surface area contributed by atoms with E-state index < -0.39 is 17.4 Å². The van der Waals surface area contributed by atoms with Gasteiger partial charge in [-0.25, -0.2) is 4.68 Å². The monoisotopic (exact) mass is 382 g/mol. The van der Waals surface area contributed by atoms with Crippen LogP contribution in [-0.4, -0.2) is 41.4 Å². The zero-order valence-corrected chi connectivity index (χ0v) is 15.8. The van der Waals surface area contributed by atoms with E-state index in [9.17, 15) is 9.59 Å². The number of carbonyl (C=O) groups excluding carboxylic acids is 2. The van der Waals surface area contributed by atoms with E-state index >= 15 is 0 Å². The highest BCUT2D eigenvalue weighted by atomic mass is 16.5. The fraction of sp³-hybridized carbons (Fsp3) is 0.350. The lowest BCUT2D eigenvalue weighted by molar-refractivity contribution is -0.126. The van der Waals surface area contributed by atoms with E-state index in [0.29, 0.717) is 30.0 Å². The summed E-state index contributed by atoms with van der Waals surface area (Å²) in [6.07, 6.45) is 9.51. The second-order valence-electron chi connectivity index (χ2n) is 6.54. The first-order chi connectivity index (χ1) is 13.5. The number of nitrogens with zero attached hydrogens (tertiary/aromatic N) is 3. The van der Waals surface area contributed by atoms with Gasteiger partial charge < -0.3 is 15.2 Å². The number of amides is 2. The number of anilines is 1. The van der Waals surface area contributed by atoms with Crippen molar-refractivity contribution in [1.29, 1.82) is 0 Å². The molecule has 0 saturated heterocycles. The summed E-state index contributed by atoms with van der Waals surface area (Å²) in [6, 6.07) is 6.90. The molecule has 8 heteroatoms. The van der Waals surface area contributed by atoms with Crippen LogP contribution in [0, 0.1) is 12.3 Å². The minimum atomic E-state index is -1.16. The molecule has 0 radical (unpaired) electrons. The lowest BCUT2D eigenvalue weighted by atomic mass is 9.93. The maximum atomic E-state index is 12.6. The third-order valence-corrected chi connectivity index (χ3v) is 5.08. The average Bonchev–Trinajstić information content (AvgIpc) is 3.38. The van der Waals surface area contributed by atoms with Crippen LogP contribution in [0.3, 0.4) is 0 Å². The summed E-state index contributed by atoms with van der Waals surface area (Å²) in [4.78, 5) is 26.1. The number of nitrogens with two attached hydrogens (primary N) is 1. The van der Waals surface area contributed by atoms with E-state index in [4.69, 9.17) is 21.6 Å². The van der Waals surface area contributed by atoms with Crippen molar-refractivity contribution in [2.45, 2.75) is 31.2 Å². The molecule has 1 heterocycles. The van der Waals surface area contributed by atoms with Gasteiger partial charge in [0, 0.05) is 18.3 Å². The molecule has 0 spiro atoms. The van der Waals surface area contributed by atoms with Crippen molar-refractivity contribution in [3.8, 4) is 29.5 Å². The molecular weight excluding hydrogens is 360 g/mol. The maximum absolute atomic E-state index is 12.6. The molecule has 28 heavy (non-hydrogen) atoms. The number of methoxy groups -OCH3 is 2. The zero-order chi connectivity index (χ0) is 20.3. The largest absolute Gasteiger partial charge is 0.497 e. The number of benzene rings is 1. The zero-order valence-electron chi connectivity index (χ0n) is 15.8. The Kier molecular flexibility index (Phi) is 5.27. The van der Waals surface area contributed by atoms with E-state index in [-0.39, 0.29) is 5.82 Å². The smallest absolute Gasteiger partial charge is 0.304 e. The lowest BCUT2D eigenvalue weighted by Crippen LogP contribution is -2.58. The third kappa shape index (κ3) is 3.16. The topological polar surface area (TPSA) is 99.7 Å². The molecule has 146 valence electrons. The number of rotatable bonds is 6. The Morgan fingerprint density at radius 1 is 1.25 bits per heavy atom. The fourth-order valence-corrected chi connectivity index (χ4v) is 3.66. The minimum absolute atomic E-state index is 0.265. The normalized spacial score (nSPS) is 14.9. The molecule has 1 aliphatic carbocycles. The van der Waals surface area contributed by atoms with Crippen LogP contribution in [0.2, 0.25) is 0 Å². The highest BCUT2D eigenvalue weighted by molar-refractivity contribution is 6.10. The molecule has 1 aromatic heterocycles. The van der Waals surface area contributed by atoms with Crippen LogP contribution in [-0.2, 0) is 9.59 Å². The molecule has 1 aromatic carbocycles. The van der Waals surface area contributed by atoms with E-state index in [1.807, 2.05) is 0 Å². The number of carbonyl (C=O) groups is 2. The molecule has 1 saturated carbocycles. The molecule has 8 nitrogen and oxygen atoms in total. The quantitative estimate of drug-likeness (QED) is 0.766. The van der Waals surface area contributed by atoms with Gasteiger partial charge in [0.1, 0.15) is 22.7 Å². The average molecular weight is 382 g/mol. The van der Waals surface area contributed by atoms with Crippen LogP contribution >= 0.6 is 0 Å². The van der Waals surface area contributed by atoms with Gasteiger partial charge in [-0.3, -0.25) is 14.5 Å². The molecule has 3 rings (SSSR count). The van der Waals surface area contributed by atoms with E-state index in [2.05, 4.69) is 11.0 Å². The van der Waals surface area contributed by atoms with Crippen molar-refractivity contribution in [3.05, 3.63) is 30.5 Å². The number of hydrogen-bond donors (Lipinski definition) is 1. The van der Waals surface area contributed by atoms with Gasteiger partial charge in [-0.15, -0.1) is 11.5 Å². The number of terminal acetylenes is 1. The van der Waals surface area contributed by atoms with Gasteiger partial charge >= 0.3 is 5.91 Å². The molecule has 2 amide bonds. The van der Waals surface area contributed by atoms with Crippen LogP contribution in [0.5, 0.6) is 11.5 Å². The fourth-order valence-electron chi connectivity index (χ4n) is 3.66. The SMILES string of the molecule is C#CC(=O)N(c1ccn(-c2ccc(OC)cc2OC)n1)C1(C(N)=O)CCCC1. The summed E-state index contributed by atoms with van der Waals surface area (Å²) in [7, 11) is 3.10. The Labute approximate surface area is 163 Å². The standard InChI is InChI=1S/C20H22N4O4/c1-4-18(25)24(20(19(21)26)10-5-6-11-20)17-9-12-23(22-17)15-8-7-14(27-2)13-16(15)28-3/h1,7-9,12-13H,5-6,10-11H2,2-3H3,(H2,21,26). The predicted octanol–water partition coefficient (Wildman–Crippen LogP) is 1.65. The Morgan fingerprint density at radius 2 is 1.96 bits per heavy atom. The summed E-state index contributed by atoms with van der Waals surface area (Å²) in [5.41, 5.74) is 5.17. The van der Waals surface area contributed by atoms with Crippen LogP contribution < -0.4 is 20.1 Å². The van der Waals surface area contributed by atoms with Crippen molar-refractivity contribution in [2.24, 2.45) is 5.73 Å². The van der Waals surface area contributed by atoms with Crippen molar-refractivity contribution >= 4 is 17.6 Å². The van der Waals surface area contributed by atoms with Gasteiger partial charge in [-0.2, -0.15) is 0 Å². The number of hydrogen-bond acceptors (Lipinski definition) is 5. The molecule has 1 aliphatic rings. The first kappa shape index (κ1) is 19.3. The van der Waals surface area contributed by atoms with Gasteiger partial charge in [-0.05, 0) is 30.9 Å². The highest BCUT2D eigenvalue weighted by Gasteiger charge is 2.48. The van der Waals surface area contributed by atoms with E-state index in [1.54, 1.807) is 42.3 Å². The summed E-state index contributed by atoms with van der Waals surface area (Å²) in [6.45, 7) is 0. The molecule has 0 atom stereocenters. The summed E-state index contributed by atoms with van der Waals surface area (Å²) in [5.74, 6) is 2.31. The summed E-state index contributed by atoms with van der Waals surface area (Å²) < 4.78 is 12.2. The van der Waals surface area contributed by atoms with Gasteiger partial charge in [0.25, 0.3) is 0 Å². The second kappa shape index (κ2) is 7.64. The van der Waals surface area contributed by atoms with Crippen molar-refractivity contribution < 1.29 is 19.1 Å². The Hall–Kier alpha value is -3.47. The Balaban J connectivity index is 2.06. The molecule has 0 unspecified atom stereocenters. The summed E-state index contributed by atoms with van der Waals surface area (Å²) >= 11 is 0. The molecule has 0 aliphatic heterocycles. The first-order valence-electron chi connectivity index (χ1n) is 8.85. The number of primary amides is 1. The third-order valence-electron chi connectivity index (χ3n) is 5.08. The minimum Gasteiger partial charge on any atom is -0.497 e. The number of ether oxygens (including phenoxy) is 2. The van der Waals surface area contributed by atoms with Crippen LogP contribution in [0.4, 0.5) is 5.82 Å².